The molecule has 14 heteroatoms. The summed E-state index contributed by atoms with van der Waals surface area (Å²) in [6.45, 7) is 1.27. The van der Waals surface area contributed by atoms with Gasteiger partial charge in [0, 0.05) is 0 Å². The summed E-state index contributed by atoms with van der Waals surface area (Å²) in [6, 6.07) is 0. The van der Waals surface area contributed by atoms with Crippen molar-refractivity contribution < 1.29 is 62.2 Å². The first-order valence-corrected chi connectivity index (χ1v) is 6.37. The van der Waals surface area contributed by atoms with Crippen molar-refractivity contribution in [2.75, 3.05) is 0 Å². The Kier molecular flexibility index (Phi) is 6.40. The van der Waals surface area contributed by atoms with Crippen LogP contribution >= 0.6 is 0 Å². The quantitative estimate of drug-likeness (QED) is 0.545. The van der Waals surface area contributed by atoms with Gasteiger partial charge in [-0.3, -0.25) is 0 Å². The summed E-state index contributed by atoms with van der Waals surface area (Å²) in [6.07, 6.45) is -13.0. The Hall–Kier alpha value is -0.950. The zero-order chi connectivity index (χ0) is 20.7. The molecule has 25 heavy (non-hydrogen) atoms. The van der Waals surface area contributed by atoms with Gasteiger partial charge in [0.2, 0.25) is 0 Å². The molecule has 152 valence electrons. The third-order valence-corrected chi connectivity index (χ3v) is 3.21. The lowest BCUT2D eigenvalue weighted by Crippen LogP contribution is -2.71. The Balaban J connectivity index is 6.11. The Bertz CT molecular complexity index is 453. The molecular weight excluding hydrogens is 395 g/mol. The van der Waals surface area contributed by atoms with E-state index >= 15 is 0 Å². The van der Waals surface area contributed by atoms with Crippen LogP contribution in [0.4, 0.5) is 57.1 Å². The van der Waals surface area contributed by atoms with Crippen LogP contribution in [-0.2, 0) is 0 Å². The van der Waals surface area contributed by atoms with Gasteiger partial charge in [-0.25, -0.2) is 0 Å². The summed E-state index contributed by atoms with van der Waals surface area (Å²) >= 11 is 0. The zero-order valence-electron chi connectivity index (χ0n) is 12.1. The molecule has 0 aromatic heterocycles. The fraction of sp³-hybridized carbons (Fsp3) is 1.00. The third-order valence-electron chi connectivity index (χ3n) is 3.21. The van der Waals surface area contributed by atoms with Gasteiger partial charge in [0.05, 0.1) is 0 Å². The van der Waals surface area contributed by atoms with Gasteiger partial charge in [-0.15, -0.1) is 0 Å². The highest BCUT2D eigenvalue weighted by atomic mass is 19.4. The molecule has 0 heterocycles. The van der Waals surface area contributed by atoms with E-state index < -0.39 is 54.7 Å². The minimum atomic E-state index is -7.93. The van der Waals surface area contributed by atoms with Gasteiger partial charge >= 0.3 is 35.8 Å². The van der Waals surface area contributed by atoms with E-state index in [-0.39, 0.29) is 6.42 Å². The van der Waals surface area contributed by atoms with Crippen LogP contribution in [-0.4, -0.2) is 47.0 Å². The van der Waals surface area contributed by atoms with Gasteiger partial charge < -0.3 is 5.11 Å². The molecule has 1 unspecified atom stereocenters. The maximum Gasteiger partial charge on any atom is 0.460 e. The van der Waals surface area contributed by atoms with E-state index in [4.69, 9.17) is 5.11 Å². The van der Waals surface area contributed by atoms with Gasteiger partial charge in [0.15, 0.2) is 0 Å². The molecule has 0 saturated carbocycles. The van der Waals surface area contributed by atoms with E-state index in [9.17, 15) is 57.1 Å². The summed E-state index contributed by atoms with van der Waals surface area (Å²) in [5, 5.41) is 8.82. The number of rotatable bonds is 8. The molecule has 0 rings (SSSR count). The fourth-order valence-electron chi connectivity index (χ4n) is 1.57. The van der Waals surface area contributed by atoms with E-state index in [1.807, 2.05) is 0 Å². The SMILES string of the molecule is CCCCC(O)C(F)(F)C(F)(F)C(F)(F)C(F)(F)C(F)(F)C(F)(F)F. The molecule has 0 radical (unpaired) electrons. The Morgan fingerprint density at radius 1 is 0.640 bits per heavy atom. The van der Waals surface area contributed by atoms with Crippen molar-refractivity contribution in [1.82, 2.24) is 0 Å². The Morgan fingerprint density at radius 2 is 1.00 bits per heavy atom. The van der Waals surface area contributed by atoms with Crippen molar-refractivity contribution in [2.24, 2.45) is 0 Å². The monoisotopic (exact) mass is 406 g/mol. The van der Waals surface area contributed by atoms with E-state index in [2.05, 4.69) is 0 Å². The van der Waals surface area contributed by atoms with Crippen LogP contribution in [0.2, 0.25) is 0 Å². The maximum atomic E-state index is 13.3. The van der Waals surface area contributed by atoms with Crippen LogP contribution in [0.3, 0.4) is 0 Å². The van der Waals surface area contributed by atoms with Crippen LogP contribution in [0, 0.1) is 0 Å². The van der Waals surface area contributed by atoms with Crippen molar-refractivity contribution in [3.8, 4) is 0 Å². The lowest BCUT2D eigenvalue weighted by atomic mass is 9.90. The van der Waals surface area contributed by atoms with Crippen molar-refractivity contribution in [3.05, 3.63) is 0 Å². The highest BCUT2D eigenvalue weighted by Gasteiger charge is 2.91. The highest BCUT2D eigenvalue weighted by Crippen LogP contribution is 2.60. The molecule has 1 nitrogen and oxygen atoms in total. The predicted molar refractivity (Wildman–Crippen MR) is 56.3 cm³/mol. The van der Waals surface area contributed by atoms with Crippen LogP contribution in [0.5, 0.6) is 0 Å². The minimum Gasteiger partial charge on any atom is -0.387 e. The van der Waals surface area contributed by atoms with Crippen molar-refractivity contribution in [1.29, 1.82) is 0 Å². The molecule has 1 atom stereocenters. The lowest BCUT2D eigenvalue weighted by molar-refractivity contribution is -0.444. The largest absolute Gasteiger partial charge is 0.460 e. The van der Waals surface area contributed by atoms with E-state index in [1.54, 1.807) is 0 Å². The Morgan fingerprint density at radius 3 is 1.32 bits per heavy atom. The fourth-order valence-corrected chi connectivity index (χ4v) is 1.57. The van der Waals surface area contributed by atoms with Gasteiger partial charge in [0.1, 0.15) is 6.10 Å². The summed E-state index contributed by atoms with van der Waals surface area (Å²) < 4.78 is 166. The molecule has 0 fully saturated rings. The van der Waals surface area contributed by atoms with E-state index in [0.717, 1.165) is 0 Å². The second-order valence-electron chi connectivity index (χ2n) is 5.08. The molecule has 0 saturated heterocycles. The molecular formula is C11H11F13O. The smallest absolute Gasteiger partial charge is 0.387 e. The average molecular weight is 406 g/mol. The average Bonchev–Trinajstić information content (AvgIpc) is 2.42. The normalized spacial score (nSPS) is 16.9. The molecule has 0 spiro atoms. The van der Waals surface area contributed by atoms with Crippen LogP contribution in [0.1, 0.15) is 26.2 Å². The Labute approximate surface area is 131 Å². The van der Waals surface area contributed by atoms with E-state index in [0.29, 0.717) is 0 Å². The lowest BCUT2D eigenvalue weighted by Gasteiger charge is -2.40. The molecule has 0 bridgehead atoms. The zero-order valence-corrected chi connectivity index (χ0v) is 12.1. The molecule has 0 aromatic carbocycles. The minimum absolute atomic E-state index is 0.0442. The number of hydrogen-bond acceptors (Lipinski definition) is 1. The standard InChI is InChI=1S/C11H11F13O/c1-2-3-4-5(25)6(12,13)7(14,15)8(16,17)9(18,19)10(20,21)11(22,23)24/h5,25H,2-4H2,1H3. The van der Waals surface area contributed by atoms with Crippen molar-refractivity contribution >= 4 is 0 Å². The number of aliphatic hydroxyl groups excluding tert-OH is 1. The molecule has 0 amide bonds. The maximum absolute atomic E-state index is 13.3. The first-order valence-electron chi connectivity index (χ1n) is 6.37. The highest BCUT2D eigenvalue weighted by molar-refractivity contribution is 5.11. The second-order valence-corrected chi connectivity index (χ2v) is 5.08. The van der Waals surface area contributed by atoms with Gasteiger partial charge in [-0.2, -0.15) is 57.1 Å². The van der Waals surface area contributed by atoms with Crippen LogP contribution in [0.25, 0.3) is 0 Å². The van der Waals surface area contributed by atoms with E-state index in [1.165, 1.54) is 6.92 Å². The number of halogens is 13. The summed E-state index contributed by atoms with van der Waals surface area (Å²) in [5.74, 6) is -37.4. The first-order chi connectivity index (χ1) is 10.7. The summed E-state index contributed by atoms with van der Waals surface area (Å²) in [4.78, 5) is 0. The number of alkyl halides is 13. The number of unbranched alkanes of at least 4 members (excludes halogenated alkanes) is 1. The predicted octanol–water partition coefficient (Wildman–Crippen LogP) is 5.28. The second kappa shape index (κ2) is 6.65. The molecule has 0 aromatic rings. The molecule has 0 aliphatic carbocycles. The van der Waals surface area contributed by atoms with Crippen molar-refractivity contribution in [2.45, 2.75) is 68.1 Å². The topological polar surface area (TPSA) is 20.2 Å². The van der Waals surface area contributed by atoms with Gasteiger partial charge in [-0.05, 0) is 6.42 Å². The number of hydrogen-bond donors (Lipinski definition) is 1. The van der Waals surface area contributed by atoms with Crippen molar-refractivity contribution in [3.63, 3.8) is 0 Å². The van der Waals surface area contributed by atoms with Crippen LogP contribution < -0.4 is 0 Å². The first kappa shape index (κ1) is 24.1. The van der Waals surface area contributed by atoms with Gasteiger partial charge in [0.25, 0.3) is 0 Å². The summed E-state index contributed by atoms with van der Waals surface area (Å²) in [5.41, 5.74) is 0. The molecule has 1 N–H and O–H groups in total. The van der Waals surface area contributed by atoms with Gasteiger partial charge in [-0.1, -0.05) is 19.8 Å². The third kappa shape index (κ3) is 3.50. The summed E-state index contributed by atoms with van der Waals surface area (Å²) in [7, 11) is 0. The van der Waals surface area contributed by atoms with Crippen LogP contribution in [0.15, 0.2) is 0 Å². The number of aliphatic hydroxyl groups is 1. The molecule has 0 aliphatic rings. The molecule has 0 aliphatic heterocycles.